The molecule has 2 N–H and O–H groups in total. The molecule has 0 aliphatic carbocycles. The van der Waals surface area contributed by atoms with Crippen LogP contribution in [0.15, 0.2) is 35.3 Å². The average Bonchev–Trinajstić information content (AvgIpc) is 2.38. The molecule has 1 aromatic rings. The topological polar surface area (TPSA) is 41.6 Å². The Balaban J connectivity index is 2.62. The van der Waals surface area contributed by atoms with E-state index in [1.165, 1.54) is 5.56 Å². The maximum atomic E-state index is 6.02. The number of guanidine groups is 1. The molecule has 0 saturated heterocycles. The summed E-state index contributed by atoms with van der Waals surface area (Å²) < 4.78 is 0. The summed E-state index contributed by atoms with van der Waals surface area (Å²) in [6, 6.07) is 10.5. The summed E-state index contributed by atoms with van der Waals surface area (Å²) in [5.41, 5.74) is 7.49. The average molecular weight is 261 g/mol. The van der Waals surface area contributed by atoms with E-state index in [-0.39, 0.29) is 5.41 Å². The van der Waals surface area contributed by atoms with Gasteiger partial charge in [-0.3, -0.25) is 4.99 Å². The van der Waals surface area contributed by atoms with Gasteiger partial charge in [0.15, 0.2) is 5.96 Å². The molecule has 1 rings (SSSR count). The summed E-state index contributed by atoms with van der Waals surface area (Å²) in [6.45, 7) is 11.2. The van der Waals surface area contributed by atoms with Crippen LogP contribution in [-0.4, -0.2) is 30.5 Å². The van der Waals surface area contributed by atoms with Crippen molar-refractivity contribution in [2.75, 3.05) is 19.6 Å². The maximum absolute atomic E-state index is 6.02. The molecule has 0 aromatic heterocycles. The van der Waals surface area contributed by atoms with Crippen molar-refractivity contribution in [1.29, 1.82) is 0 Å². The summed E-state index contributed by atoms with van der Waals surface area (Å²) in [4.78, 5) is 6.64. The Morgan fingerprint density at radius 2 is 1.74 bits per heavy atom. The van der Waals surface area contributed by atoms with Crippen LogP contribution in [0.5, 0.6) is 0 Å². The van der Waals surface area contributed by atoms with Gasteiger partial charge in [-0.2, -0.15) is 0 Å². The van der Waals surface area contributed by atoms with E-state index < -0.39 is 0 Å². The quantitative estimate of drug-likeness (QED) is 0.632. The van der Waals surface area contributed by atoms with Crippen LogP contribution >= 0.6 is 0 Å². The minimum Gasteiger partial charge on any atom is -0.370 e. The molecule has 3 nitrogen and oxygen atoms in total. The summed E-state index contributed by atoms with van der Waals surface area (Å²) in [5.74, 6) is 0.658. The predicted molar refractivity (Wildman–Crippen MR) is 83.3 cm³/mol. The van der Waals surface area contributed by atoms with Gasteiger partial charge in [0.1, 0.15) is 0 Å². The molecule has 0 aliphatic rings. The van der Waals surface area contributed by atoms with Crippen molar-refractivity contribution in [3.63, 3.8) is 0 Å². The molecular weight excluding hydrogens is 234 g/mol. The lowest BCUT2D eigenvalue weighted by Gasteiger charge is -2.25. The Morgan fingerprint density at radius 3 is 2.26 bits per heavy atom. The Labute approximate surface area is 117 Å². The lowest BCUT2D eigenvalue weighted by atomic mass is 9.86. The molecule has 0 unspecified atom stereocenters. The van der Waals surface area contributed by atoms with Crippen LogP contribution < -0.4 is 5.73 Å². The molecule has 19 heavy (non-hydrogen) atoms. The van der Waals surface area contributed by atoms with Crippen molar-refractivity contribution in [2.24, 2.45) is 16.1 Å². The largest absolute Gasteiger partial charge is 0.370 e. The third kappa shape index (κ3) is 5.33. The van der Waals surface area contributed by atoms with Crippen LogP contribution in [0.4, 0.5) is 0 Å². The van der Waals surface area contributed by atoms with Crippen molar-refractivity contribution >= 4 is 5.96 Å². The highest BCUT2D eigenvalue weighted by Gasteiger charge is 2.18. The number of nitrogens with zero attached hydrogens (tertiary/aromatic N) is 2. The van der Waals surface area contributed by atoms with Crippen molar-refractivity contribution in [2.45, 2.75) is 34.1 Å². The molecule has 0 saturated carbocycles. The highest BCUT2D eigenvalue weighted by atomic mass is 15.2. The first-order chi connectivity index (χ1) is 8.98. The number of hydrogen-bond donors (Lipinski definition) is 1. The zero-order valence-corrected chi connectivity index (χ0v) is 12.7. The third-order valence-corrected chi connectivity index (χ3v) is 3.28. The van der Waals surface area contributed by atoms with E-state index in [0.717, 1.165) is 26.1 Å². The normalized spacial score (nSPS) is 12.5. The van der Waals surface area contributed by atoms with Gasteiger partial charge in [-0.1, -0.05) is 44.2 Å². The van der Waals surface area contributed by atoms with Crippen molar-refractivity contribution in [3.8, 4) is 0 Å². The molecule has 106 valence electrons. The van der Waals surface area contributed by atoms with Gasteiger partial charge in [0.25, 0.3) is 0 Å². The maximum Gasteiger partial charge on any atom is 0.191 e. The molecule has 0 fully saturated rings. The van der Waals surface area contributed by atoms with Crippen LogP contribution in [0.2, 0.25) is 0 Å². The fourth-order valence-electron chi connectivity index (χ4n) is 2.15. The van der Waals surface area contributed by atoms with E-state index >= 15 is 0 Å². The van der Waals surface area contributed by atoms with Gasteiger partial charge < -0.3 is 10.6 Å². The first-order valence-corrected chi connectivity index (χ1v) is 7.07. The number of rotatable bonds is 6. The van der Waals surface area contributed by atoms with E-state index in [9.17, 15) is 0 Å². The van der Waals surface area contributed by atoms with Crippen molar-refractivity contribution in [3.05, 3.63) is 35.9 Å². The van der Waals surface area contributed by atoms with Crippen LogP contribution in [0, 0.1) is 5.41 Å². The lowest BCUT2D eigenvalue weighted by molar-refractivity contribution is 0.372. The van der Waals surface area contributed by atoms with E-state index in [1.807, 2.05) is 6.07 Å². The van der Waals surface area contributed by atoms with Crippen LogP contribution in [-0.2, 0) is 6.42 Å². The highest BCUT2D eigenvalue weighted by Crippen LogP contribution is 2.22. The third-order valence-electron chi connectivity index (χ3n) is 3.28. The van der Waals surface area contributed by atoms with Crippen molar-refractivity contribution < 1.29 is 0 Å². The molecule has 3 heteroatoms. The van der Waals surface area contributed by atoms with E-state index in [4.69, 9.17) is 5.73 Å². The van der Waals surface area contributed by atoms with Crippen molar-refractivity contribution in [1.82, 2.24) is 4.90 Å². The fraction of sp³-hybridized carbons (Fsp3) is 0.562. The SMILES string of the molecule is CCN(CC)C(N)=NCC(C)(C)Cc1ccccc1. The highest BCUT2D eigenvalue weighted by molar-refractivity contribution is 5.78. The number of aliphatic imine (C=N–C) groups is 1. The molecule has 0 bridgehead atoms. The molecule has 0 radical (unpaired) electrons. The van der Waals surface area contributed by atoms with Gasteiger partial charge >= 0.3 is 0 Å². The Hall–Kier alpha value is -1.51. The molecule has 0 heterocycles. The summed E-state index contributed by atoms with van der Waals surface area (Å²) >= 11 is 0. The van der Waals surface area contributed by atoms with Crippen LogP contribution in [0.3, 0.4) is 0 Å². The first-order valence-electron chi connectivity index (χ1n) is 7.07. The summed E-state index contributed by atoms with van der Waals surface area (Å²) in [5, 5.41) is 0. The Morgan fingerprint density at radius 1 is 1.16 bits per heavy atom. The van der Waals surface area contributed by atoms with Gasteiger partial charge in [0, 0.05) is 19.6 Å². The van der Waals surface area contributed by atoms with Gasteiger partial charge in [-0.05, 0) is 31.2 Å². The number of hydrogen-bond acceptors (Lipinski definition) is 1. The second-order valence-electron chi connectivity index (χ2n) is 5.67. The zero-order chi connectivity index (χ0) is 14.3. The smallest absolute Gasteiger partial charge is 0.191 e. The Kier molecular flexibility index (Phi) is 5.87. The fourth-order valence-corrected chi connectivity index (χ4v) is 2.15. The molecule has 0 aliphatic heterocycles. The van der Waals surface area contributed by atoms with Gasteiger partial charge in [0.2, 0.25) is 0 Å². The van der Waals surface area contributed by atoms with E-state index in [0.29, 0.717) is 5.96 Å². The van der Waals surface area contributed by atoms with Gasteiger partial charge in [-0.25, -0.2) is 0 Å². The second-order valence-corrected chi connectivity index (χ2v) is 5.67. The number of benzene rings is 1. The van der Waals surface area contributed by atoms with E-state index in [2.05, 4.69) is 61.9 Å². The van der Waals surface area contributed by atoms with E-state index in [1.54, 1.807) is 0 Å². The summed E-state index contributed by atoms with van der Waals surface area (Å²) in [6.07, 6.45) is 1.02. The van der Waals surface area contributed by atoms with Gasteiger partial charge in [0.05, 0.1) is 0 Å². The van der Waals surface area contributed by atoms with Crippen LogP contribution in [0.25, 0.3) is 0 Å². The second kappa shape index (κ2) is 7.17. The minimum absolute atomic E-state index is 0.124. The first kappa shape index (κ1) is 15.5. The molecule has 0 amide bonds. The zero-order valence-electron chi connectivity index (χ0n) is 12.7. The molecule has 1 aromatic carbocycles. The Bertz CT molecular complexity index is 392. The predicted octanol–water partition coefficient (Wildman–Crippen LogP) is 2.91. The molecule has 0 spiro atoms. The summed E-state index contributed by atoms with van der Waals surface area (Å²) in [7, 11) is 0. The van der Waals surface area contributed by atoms with Gasteiger partial charge in [-0.15, -0.1) is 0 Å². The monoisotopic (exact) mass is 261 g/mol. The minimum atomic E-state index is 0.124. The molecular formula is C16H27N3. The standard InChI is InChI=1S/C16H27N3/c1-5-19(6-2)15(17)18-13-16(3,4)12-14-10-8-7-9-11-14/h7-11H,5-6,12-13H2,1-4H3,(H2,17,18). The lowest BCUT2D eigenvalue weighted by Crippen LogP contribution is -2.38. The molecule has 0 atom stereocenters. The number of nitrogens with two attached hydrogens (primary N) is 1. The van der Waals surface area contributed by atoms with Crippen LogP contribution in [0.1, 0.15) is 33.3 Å².